The predicted molar refractivity (Wildman–Crippen MR) is 139 cm³/mol. The number of benzene rings is 4. The van der Waals surface area contributed by atoms with Gasteiger partial charge in [0, 0.05) is 33.0 Å². The fraction of sp³-hybridized carbons (Fsp3) is 0.0769. The molecule has 4 nitrogen and oxygen atoms in total. The van der Waals surface area contributed by atoms with Crippen molar-refractivity contribution in [3.8, 4) is 17.1 Å². The number of hydrogen-bond acceptors (Lipinski definition) is 3. The first-order chi connectivity index (χ1) is 16.0. The number of aromatic nitrogens is 2. The fourth-order valence-electron chi connectivity index (χ4n) is 3.83. The molecule has 0 radical (unpaired) electrons. The van der Waals surface area contributed by atoms with Crippen molar-refractivity contribution in [2.75, 3.05) is 11.9 Å². The first-order valence-corrected chi connectivity index (χ1v) is 11.6. The van der Waals surface area contributed by atoms with Gasteiger partial charge in [-0.1, -0.05) is 34.8 Å². The van der Waals surface area contributed by atoms with Crippen LogP contribution in [0, 0.1) is 0 Å². The van der Waals surface area contributed by atoms with Gasteiger partial charge in [-0.2, -0.15) is 0 Å². The molecule has 0 saturated carbocycles. The Morgan fingerprint density at radius 3 is 2.18 bits per heavy atom. The lowest BCUT2D eigenvalue weighted by Gasteiger charge is -2.20. The molecule has 164 valence electrons. The van der Waals surface area contributed by atoms with Crippen molar-refractivity contribution in [3.05, 3.63) is 99.3 Å². The van der Waals surface area contributed by atoms with Gasteiger partial charge in [0.15, 0.2) is 0 Å². The van der Waals surface area contributed by atoms with E-state index in [1.54, 1.807) is 0 Å². The van der Waals surface area contributed by atoms with Crippen LogP contribution >= 0.6 is 34.8 Å². The number of hydrogen-bond donors (Lipinski definition) is 1. The van der Waals surface area contributed by atoms with Crippen LogP contribution in [-0.2, 0) is 0 Å². The van der Waals surface area contributed by atoms with Gasteiger partial charge in [0.2, 0.25) is 0 Å². The summed E-state index contributed by atoms with van der Waals surface area (Å²) in [4.78, 5) is 9.67. The van der Waals surface area contributed by atoms with Crippen LogP contribution in [0.25, 0.3) is 28.1 Å². The number of fused-ring (bicyclic) bond motifs is 2. The van der Waals surface area contributed by atoms with Crippen LogP contribution in [-0.4, -0.2) is 16.1 Å². The lowest BCUT2D eigenvalue weighted by Crippen LogP contribution is -2.15. The van der Waals surface area contributed by atoms with Gasteiger partial charge < -0.3 is 9.88 Å². The number of halogens is 3. The molecule has 0 atom stereocenters. The quantitative estimate of drug-likeness (QED) is 0.260. The smallest absolute Gasteiger partial charge is 0.0900 e. The van der Waals surface area contributed by atoms with Crippen molar-refractivity contribution in [1.82, 2.24) is 9.55 Å². The first-order valence-electron chi connectivity index (χ1n) is 10.5. The summed E-state index contributed by atoms with van der Waals surface area (Å²) in [5, 5.41) is 6.30. The molecular formula is C26H19Cl3N4. The second-order valence-corrected chi connectivity index (χ2v) is 8.83. The van der Waals surface area contributed by atoms with E-state index in [1.165, 1.54) is 0 Å². The Balaban J connectivity index is 1.80. The highest BCUT2D eigenvalue weighted by Gasteiger charge is 2.17. The monoisotopic (exact) mass is 492 g/mol. The maximum absolute atomic E-state index is 6.30. The van der Waals surface area contributed by atoms with E-state index in [4.69, 9.17) is 44.8 Å². The number of rotatable bonds is 4. The van der Waals surface area contributed by atoms with Crippen molar-refractivity contribution >= 4 is 57.2 Å². The normalized spacial score (nSPS) is 11.9. The van der Waals surface area contributed by atoms with E-state index in [0.29, 0.717) is 21.6 Å². The van der Waals surface area contributed by atoms with Gasteiger partial charge in [0.25, 0.3) is 0 Å². The molecule has 3 aromatic carbocycles. The fourth-order valence-corrected chi connectivity index (χ4v) is 4.25. The molecule has 3 aromatic rings. The zero-order valence-electron chi connectivity index (χ0n) is 17.7. The van der Waals surface area contributed by atoms with Crippen molar-refractivity contribution in [2.45, 2.75) is 6.92 Å². The third-order valence-corrected chi connectivity index (χ3v) is 6.03. The third-order valence-electron chi connectivity index (χ3n) is 5.29. The molecule has 0 saturated heterocycles. The molecule has 0 unspecified atom stereocenters. The molecule has 0 fully saturated rings. The molecule has 33 heavy (non-hydrogen) atoms. The molecule has 0 bridgehead atoms. The van der Waals surface area contributed by atoms with E-state index >= 15 is 0 Å². The van der Waals surface area contributed by atoms with Crippen LogP contribution in [0.3, 0.4) is 0 Å². The van der Waals surface area contributed by atoms with E-state index in [-0.39, 0.29) is 0 Å². The van der Waals surface area contributed by atoms with Crippen LogP contribution in [0.1, 0.15) is 6.92 Å². The van der Waals surface area contributed by atoms with Crippen molar-refractivity contribution in [3.63, 3.8) is 0 Å². The minimum atomic E-state index is 0.633. The van der Waals surface area contributed by atoms with Crippen LogP contribution in [0.15, 0.2) is 83.9 Å². The summed E-state index contributed by atoms with van der Waals surface area (Å²) in [7, 11) is 0. The SMILES string of the molecule is CCN=c1cc2n(-c3ccc(Cl)cc3)c3ccc(Cl)cc3nc-2cc1Nc1ccc(Cl)cc1. The van der Waals surface area contributed by atoms with Crippen LogP contribution in [0.2, 0.25) is 15.1 Å². The highest BCUT2D eigenvalue weighted by molar-refractivity contribution is 6.31. The summed E-state index contributed by atoms with van der Waals surface area (Å²) < 4.78 is 2.16. The van der Waals surface area contributed by atoms with Crippen LogP contribution in [0.4, 0.5) is 11.4 Å². The summed E-state index contributed by atoms with van der Waals surface area (Å²) in [5.74, 6) is 0. The Morgan fingerprint density at radius 2 is 1.48 bits per heavy atom. The summed E-state index contributed by atoms with van der Waals surface area (Å²) in [6, 6.07) is 25.1. The second kappa shape index (κ2) is 9.06. The maximum Gasteiger partial charge on any atom is 0.0900 e. The highest BCUT2D eigenvalue weighted by atomic mass is 35.5. The van der Waals surface area contributed by atoms with E-state index in [0.717, 1.165) is 44.8 Å². The van der Waals surface area contributed by atoms with Gasteiger partial charge in [-0.15, -0.1) is 0 Å². The van der Waals surface area contributed by atoms with Crippen molar-refractivity contribution in [1.29, 1.82) is 0 Å². The molecule has 1 aliphatic carbocycles. The third kappa shape index (κ3) is 4.42. The van der Waals surface area contributed by atoms with Gasteiger partial charge in [-0.3, -0.25) is 4.99 Å². The van der Waals surface area contributed by atoms with Crippen molar-refractivity contribution in [2.24, 2.45) is 4.99 Å². The maximum atomic E-state index is 6.30. The minimum Gasteiger partial charge on any atom is -0.354 e. The number of anilines is 2. The Bertz CT molecular complexity index is 1490. The molecule has 1 N–H and O–H groups in total. The molecule has 2 aliphatic rings. The molecule has 0 aromatic heterocycles. The van der Waals surface area contributed by atoms with Gasteiger partial charge in [-0.25, -0.2) is 4.98 Å². The van der Waals surface area contributed by atoms with E-state index in [1.807, 2.05) is 79.7 Å². The molecule has 0 spiro atoms. The van der Waals surface area contributed by atoms with E-state index < -0.39 is 0 Å². The number of nitrogens with one attached hydrogen (secondary N) is 1. The number of nitrogens with zero attached hydrogens (tertiary/aromatic N) is 3. The zero-order chi connectivity index (χ0) is 22.9. The summed E-state index contributed by atoms with van der Waals surface area (Å²) in [6.45, 7) is 2.67. The van der Waals surface area contributed by atoms with Gasteiger partial charge >= 0.3 is 0 Å². The average Bonchev–Trinajstić information content (AvgIpc) is 2.80. The van der Waals surface area contributed by atoms with Crippen molar-refractivity contribution < 1.29 is 0 Å². The lowest BCUT2D eigenvalue weighted by molar-refractivity contribution is 1.04. The van der Waals surface area contributed by atoms with E-state index in [2.05, 4.69) is 16.0 Å². The average molecular weight is 494 g/mol. The lowest BCUT2D eigenvalue weighted by atomic mass is 10.1. The molecule has 0 amide bonds. The predicted octanol–water partition coefficient (Wildman–Crippen LogP) is 7.75. The Kier molecular flexibility index (Phi) is 5.98. The summed E-state index contributed by atoms with van der Waals surface area (Å²) >= 11 is 18.5. The van der Waals surface area contributed by atoms with E-state index in [9.17, 15) is 0 Å². The first kappa shape index (κ1) is 21.8. The van der Waals surface area contributed by atoms with Gasteiger partial charge in [-0.05, 0) is 85.8 Å². The molecular weight excluding hydrogens is 475 g/mol. The van der Waals surface area contributed by atoms with Crippen LogP contribution in [0.5, 0.6) is 0 Å². The Labute approximate surface area is 206 Å². The Morgan fingerprint density at radius 1 is 0.818 bits per heavy atom. The standard InChI is InChI=1S/C26H19Cl3N4/c1-2-30-21-15-26-24(14-22(21)31-19-8-3-16(27)4-9-19)32-23-13-18(29)7-12-25(23)33(26)20-10-5-17(28)6-11-20/h3-15,31H,2H2,1H3. The molecule has 1 aliphatic heterocycles. The second-order valence-electron chi connectivity index (χ2n) is 7.52. The molecule has 5 rings (SSSR count). The van der Waals surface area contributed by atoms with Crippen LogP contribution < -0.4 is 10.7 Å². The molecule has 7 heteroatoms. The highest BCUT2D eigenvalue weighted by Crippen LogP contribution is 2.32. The molecule has 1 heterocycles. The summed E-state index contributed by atoms with van der Waals surface area (Å²) in [6.07, 6.45) is 0. The minimum absolute atomic E-state index is 0.633. The van der Waals surface area contributed by atoms with Gasteiger partial charge in [0.05, 0.1) is 33.5 Å². The zero-order valence-corrected chi connectivity index (χ0v) is 20.0. The largest absolute Gasteiger partial charge is 0.354 e. The Hall–Kier alpha value is -3.05. The van der Waals surface area contributed by atoms with Gasteiger partial charge in [0.1, 0.15) is 0 Å². The summed E-state index contributed by atoms with van der Waals surface area (Å²) in [5.41, 5.74) is 6.23. The topological polar surface area (TPSA) is 42.2 Å².